The van der Waals surface area contributed by atoms with Crippen LogP contribution in [0.1, 0.15) is 31.7 Å². The van der Waals surface area contributed by atoms with Crippen LogP contribution < -0.4 is 10.6 Å². The summed E-state index contributed by atoms with van der Waals surface area (Å²) in [7, 11) is 0. The average Bonchev–Trinajstić information content (AvgIpc) is 2.48. The highest BCUT2D eigenvalue weighted by atomic mass is 16.4. The number of amides is 1. The molecule has 1 saturated heterocycles. The molecule has 114 valence electrons. The molecule has 1 fully saturated rings. The molecule has 1 aliphatic heterocycles. The Morgan fingerprint density at radius 2 is 1.90 bits per heavy atom. The third-order valence-electron chi connectivity index (χ3n) is 4.08. The molecule has 3 N–H and O–H groups in total. The predicted molar refractivity (Wildman–Crippen MR) is 80.1 cm³/mol. The van der Waals surface area contributed by atoms with E-state index in [1.54, 1.807) is 6.92 Å². The van der Waals surface area contributed by atoms with Crippen molar-refractivity contribution in [3.8, 4) is 0 Å². The summed E-state index contributed by atoms with van der Waals surface area (Å²) in [5.74, 6) is -0.967. The molecule has 1 aromatic carbocycles. The number of hydrogen-bond acceptors (Lipinski definition) is 3. The highest BCUT2D eigenvalue weighted by Gasteiger charge is 2.41. The van der Waals surface area contributed by atoms with E-state index in [0.29, 0.717) is 0 Å². The first-order valence-corrected chi connectivity index (χ1v) is 7.33. The van der Waals surface area contributed by atoms with Crippen molar-refractivity contribution in [1.82, 2.24) is 10.6 Å². The maximum atomic E-state index is 12.8. The lowest BCUT2D eigenvalue weighted by Crippen LogP contribution is -2.52. The molecule has 1 amide bonds. The number of piperidine rings is 1. The molecule has 1 aliphatic rings. The molecule has 0 radical (unpaired) electrons. The second-order valence-corrected chi connectivity index (χ2v) is 5.67. The topological polar surface area (TPSA) is 78.4 Å². The van der Waals surface area contributed by atoms with Gasteiger partial charge in [0.25, 0.3) is 0 Å². The molecule has 2 rings (SSSR count). The van der Waals surface area contributed by atoms with Crippen molar-refractivity contribution in [2.24, 2.45) is 0 Å². The van der Waals surface area contributed by atoms with Crippen molar-refractivity contribution in [3.63, 3.8) is 0 Å². The second kappa shape index (κ2) is 6.72. The van der Waals surface area contributed by atoms with Gasteiger partial charge < -0.3 is 15.7 Å². The Hall–Kier alpha value is -1.88. The molecule has 0 spiro atoms. The molecule has 21 heavy (non-hydrogen) atoms. The Kier molecular flexibility index (Phi) is 4.96. The van der Waals surface area contributed by atoms with Crippen LogP contribution in [0.2, 0.25) is 0 Å². The summed E-state index contributed by atoms with van der Waals surface area (Å²) in [6.07, 6.45) is 1.39. The Morgan fingerprint density at radius 1 is 1.29 bits per heavy atom. The summed E-state index contributed by atoms with van der Waals surface area (Å²) in [5, 5.41) is 15.0. The molecule has 5 heteroatoms. The molecular weight excluding hydrogens is 268 g/mol. The molecule has 1 aromatic rings. The van der Waals surface area contributed by atoms with Crippen LogP contribution >= 0.6 is 0 Å². The van der Waals surface area contributed by atoms with Crippen LogP contribution in [0, 0.1) is 0 Å². The van der Waals surface area contributed by atoms with Gasteiger partial charge in [-0.3, -0.25) is 9.59 Å². The monoisotopic (exact) mass is 290 g/mol. The molecule has 1 atom stereocenters. The minimum Gasteiger partial charge on any atom is -0.481 e. The van der Waals surface area contributed by atoms with Crippen LogP contribution in [0.15, 0.2) is 30.3 Å². The van der Waals surface area contributed by atoms with Gasteiger partial charge in [0.05, 0.1) is 11.8 Å². The molecule has 1 heterocycles. The summed E-state index contributed by atoms with van der Waals surface area (Å²) < 4.78 is 0. The zero-order valence-electron chi connectivity index (χ0n) is 12.3. The van der Waals surface area contributed by atoms with Gasteiger partial charge in [-0.2, -0.15) is 0 Å². The Bertz CT molecular complexity index is 496. The molecule has 0 bridgehead atoms. The van der Waals surface area contributed by atoms with Gasteiger partial charge in [-0.1, -0.05) is 30.3 Å². The quantitative estimate of drug-likeness (QED) is 0.763. The summed E-state index contributed by atoms with van der Waals surface area (Å²) >= 11 is 0. The number of hydrogen-bond donors (Lipinski definition) is 3. The van der Waals surface area contributed by atoms with Crippen molar-refractivity contribution in [2.75, 3.05) is 13.1 Å². The molecule has 0 saturated carbocycles. The normalized spacial score (nSPS) is 18.7. The number of carboxylic acids is 1. The highest BCUT2D eigenvalue weighted by molar-refractivity contribution is 5.89. The Labute approximate surface area is 124 Å². The van der Waals surface area contributed by atoms with Crippen molar-refractivity contribution < 1.29 is 14.7 Å². The zero-order valence-corrected chi connectivity index (χ0v) is 12.3. The number of benzene rings is 1. The van der Waals surface area contributed by atoms with E-state index in [1.807, 2.05) is 30.3 Å². The Morgan fingerprint density at radius 3 is 2.48 bits per heavy atom. The largest absolute Gasteiger partial charge is 0.481 e. The molecule has 0 aliphatic carbocycles. The van der Waals surface area contributed by atoms with Crippen molar-refractivity contribution in [3.05, 3.63) is 35.9 Å². The van der Waals surface area contributed by atoms with Crippen LogP contribution in [0.5, 0.6) is 0 Å². The lowest BCUT2D eigenvalue weighted by atomic mass is 9.72. The van der Waals surface area contributed by atoms with Crippen LogP contribution in [0.4, 0.5) is 0 Å². The second-order valence-electron chi connectivity index (χ2n) is 5.67. The van der Waals surface area contributed by atoms with E-state index < -0.39 is 11.4 Å². The van der Waals surface area contributed by atoms with Gasteiger partial charge in [-0.15, -0.1) is 0 Å². The first kappa shape index (κ1) is 15.5. The van der Waals surface area contributed by atoms with E-state index >= 15 is 0 Å². The van der Waals surface area contributed by atoms with E-state index in [9.17, 15) is 9.59 Å². The molecule has 5 nitrogen and oxygen atoms in total. The fourth-order valence-electron chi connectivity index (χ4n) is 2.93. The zero-order chi connectivity index (χ0) is 15.3. The maximum absolute atomic E-state index is 12.8. The first-order chi connectivity index (χ1) is 10.0. The van der Waals surface area contributed by atoms with Crippen LogP contribution in [0.3, 0.4) is 0 Å². The molecule has 0 aromatic heterocycles. The van der Waals surface area contributed by atoms with Gasteiger partial charge in [0.15, 0.2) is 0 Å². The van der Waals surface area contributed by atoms with Gasteiger partial charge in [-0.05, 0) is 38.4 Å². The number of aliphatic carboxylic acids is 1. The van der Waals surface area contributed by atoms with Gasteiger partial charge in [0.1, 0.15) is 0 Å². The minimum absolute atomic E-state index is 0.0607. The lowest BCUT2D eigenvalue weighted by molar-refractivity contribution is -0.137. The smallest absolute Gasteiger partial charge is 0.305 e. The molecule has 1 unspecified atom stereocenters. The summed E-state index contributed by atoms with van der Waals surface area (Å²) in [6.45, 7) is 3.30. The molecular formula is C16H22N2O3. The van der Waals surface area contributed by atoms with Gasteiger partial charge in [0, 0.05) is 6.04 Å². The van der Waals surface area contributed by atoms with Crippen LogP contribution in [0.25, 0.3) is 0 Å². The van der Waals surface area contributed by atoms with E-state index in [0.717, 1.165) is 31.5 Å². The summed E-state index contributed by atoms with van der Waals surface area (Å²) in [6, 6.07) is 9.40. The fraction of sp³-hybridized carbons (Fsp3) is 0.500. The summed E-state index contributed by atoms with van der Waals surface area (Å²) in [5.41, 5.74) is 0.450. The van der Waals surface area contributed by atoms with Gasteiger partial charge in [0.2, 0.25) is 5.91 Å². The Balaban J connectivity index is 2.20. The van der Waals surface area contributed by atoms with Crippen LogP contribution in [-0.4, -0.2) is 36.1 Å². The lowest BCUT2D eigenvalue weighted by Gasteiger charge is -2.37. The van der Waals surface area contributed by atoms with Crippen molar-refractivity contribution in [2.45, 2.75) is 37.6 Å². The van der Waals surface area contributed by atoms with E-state index in [-0.39, 0.29) is 18.4 Å². The van der Waals surface area contributed by atoms with Gasteiger partial charge >= 0.3 is 5.97 Å². The van der Waals surface area contributed by atoms with Crippen molar-refractivity contribution in [1.29, 1.82) is 0 Å². The predicted octanol–water partition coefficient (Wildman–Crippen LogP) is 1.29. The third-order valence-corrected chi connectivity index (χ3v) is 4.08. The minimum atomic E-state index is -0.901. The summed E-state index contributed by atoms with van der Waals surface area (Å²) in [4.78, 5) is 23.5. The van der Waals surface area contributed by atoms with E-state index in [4.69, 9.17) is 5.11 Å². The SMILES string of the molecule is CC(CC(=O)O)NC(=O)C1(c2ccccc2)CCNCC1. The third kappa shape index (κ3) is 3.61. The highest BCUT2D eigenvalue weighted by Crippen LogP contribution is 2.33. The number of rotatable bonds is 5. The van der Waals surface area contributed by atoms with Gasteiger partial charge in [-0.25, -0.2) is 0 Å². The number of nitrogens with one attached hydrogen (secondary N) is 2. The standard InChI is InChI=1S/C16H22N2O3/c1-12(11-14(19)20)18-15(21)16(7-9-17-10-8-16)13-5-3-2-4-6-13/h2-6,12,17H,7-11H2,1H3,(H,18,21)(H,19,20). The van der Waals surface area contributed by atoms with E-state index in [2.05, 4.69) is 10.6 Å². The fourth-order valence-corrected chi connectivity index (χ4v) is 2.93. The number of carboxylic acid groups (broad SMARTS) is 1. The number of carbonyl (C=O) groups excluding carboxylic acids is 1. The number of carbonyl (C=O) groups is 2. The maximum Gasteiger partial charge on any atom is 0.305 e. The van der Waals surface area contributed by atoms with Crippen LogP contribution in [-0.2, 0) is 15.0 Å². The van der Waals surface area contributed by atoms with Crippen molar-refractivity contribution >= 4 is 11.9 Å². The first-order valence-electron chi connectivity index (χ1n) is 7.33. The van der Waals surface area contributed by atoms with E-state index in [1.165, 1.54) is 0 Å². The average molecular weight is 290 g/mol.